The molecule has 0 aliphatic carbocycles. The number of nitrogens with one attached hydrogen (secondary N) is 1. The Morgan fingerprint density at radius 3 is 2.39 bits per heavy atom. The molecule has 2 aromatic heterocycles. The molecule has 7 nitrogen and oxygen atoms in total. The Bertz CT molecular complexity index is 1030. The van der Waals surface area contributed by atoms with Crippen molar-refractivity contribution in [1.29, 1.82) is 0 Å². The third kappa shape index (κ3) is 5.04. The largest absolute Gasteiger partial charge is 0.321 e. The Morgan fingerprint density at radius 2 is 1.75 bits per heavy atom. The summed E-state index contributed by atoms with van der Waals surface area (Å²) in [5.74, 6) is -0.358. The van der Waals surface area contributed by atoms with Crippen molar-refractivity contribution in [3.63, 3.8) is 0 Å². The Labute approximate surface area is 167 Å². The molecule has 0 bridgehead atoms. The summed E-state index contributed by atoms with van der Waals surface area (Å²) < 4.78 is 1.30. The summed E-state index contributed by atoms with van der Waals surface area (Å²) in [4.78, 5) is 33.9. The van der Waals surface area contributed by atoms with E-state index in [-0.39, 0.29) is 17.2 Å². The summed E-state index contributed by atoms with van der Waals surface area (Å²) >= 11 is 1.46. The molecule has 28 heavy (non-hydrogen) atoms. The zero-order valence-corrected chi connectivity index (χ0v) is 16.8. The van der Waals surface area contributed by atoms with Gasteiger partial charge in [-0.2, -0.15) is 5.10 Å². The van der Waals surface area contributed by atoms with Crippen molar-refractivity contribution in [2.24, 2.45) is 0 Å². The topological polar surface area (TPSA) is 89.8 Å². The second kappa shape index (κ2) is 8.79. The lowest BCUT2D eigenvalue weighted by Gasteiger charge is -2.08. The van der Waals surface area contributed by atoms with Gasteiger partial charge in [-0.3, -0.25) is 9.59 Å². The van der Waals surface area contributed by atoms with Crippen molar-refractivity contribution >= 4 is 23.4 Å². The Kier molecular flexibility index (Phi) is 6.20. The Balaban J connectivity index is 1.69. The number of benzene rings is 1. The van der Waals surface area contributed by atoms with Gasteiger partial charge in [0, 0.05) is 34.6 Å². The monoisotopic (exact) mass is 395 g/mol. The first kappa shape index (κ1) is 19.8. The maximum absolute atomic E-state index is 12.4. The lowest BCUT2D eigenvalue weighted by atomic mass is 10.3. The van der Waals surface area contributed by atoms with Crippen LogP contribution in [0.1, 0.15) is 35.2 Å². The summed E-state index contributed by atoms with van der Waals surface area (Å²) in [6, 6.07) is 12.1. The number of rotatable bonds is 6. The van der Waals surface area contributed by atoms with Crippen molar-refractivity contribution in [2.75, 3.05) is 5.32 Å². The standard InChI is InChI=1S/C20H21N5O2S/c1-4-11-25-18(26)10-9-17(24-25)19(27)23-15-5-7-16(8-6-15)28-20-21-13(2)12-14(3)22-20/h5-10,12H,4,11H2,1-3H3,(H,23,27). The number of hydrogen-bond donors (Lipinski definition) is 1. The van der Waals surface area contributed by atoms with Gasteiger partial charge in [-0.25, -0.2) is 14.6 Å². The maximum Gasteiger partial charge on any atom is 0.276 e. The first-order chi connectivity index (χ1) is 13.4. The SMILES string of the molecule is CCCn1nc(C(=O)Nc2ccc(Sc3nc(C)cc(C)n3)cc2)ccc1=O. The van der Waals surface area contributed by atoms with Crippen molar-refractivity contribution < 1.29 is 4.79 Å². The van der Waals surface area contributed by atoms with Crippen molar-refractivity contribution in [3.05, 3.63) is 69.9 Å². The van der Waals surface area contributed by atoms with Gasteiger partial charge in [0.05, 0.1) is 0 Å². The molecule has 0 aliphatic rings. The molecule has 1 aromatic carbocycles. The fourth-order valence-electron chi connectivity index (χ4n) is 2.59. The molecular weight excluding hydrogens is 374 g/mol. The highest BCUT2D eigenvalue weighted by molar-refractivity contribution is 7.99. The molecule has 0 spiro atoms. The molecule has 8 heteroatoms. The summed E-state index contributed by atoms with van der Waals surface area (Å²) in [5, 5.41) is 7.61. The quantitative estimate of drug-likeness (QED) is 0.643. The minimum Gasteiger partial charge on any atom is -0.321 e. The second-order valence-electron chi connectivity index (χ2n) is 6.29. The average Bonchev–Trinajstić information content (AvgIpc) is 2.64. The molecule has 3 aromatic rings. The van der Waals surface area contributed by atoms with Gasteiger partial charge in [0.1, 0.15) is 5.69 Å². The van der Waals surface area contributed by atoms with Gasteiger partial charge in [0.2, 0.25) is 0 Å². The van der Waals surface area contributed by atoms with Crippen LogP contribution in [-0.2, 0) is 6.54 Å². The summed E-state index contributed by atoms with van der Waals surface area (Å²) in [7, 11) is 0. The summed E-state index contributed by atoms with van der Waals surface area (Å²) in [5.41, 5.74) is 2.49. The molecule has 0 aliphatic heterocycles. The van der Waals surface area contributed by atoms with E-state index in [1.54, 1.807) is 0 Å². The second-order valence-corrected chi connectivity index (χ2v) is 7.33. The minimum absolute atomic E-state index is 0.204. The Morgan fingerprint density at radius 1 is 1.07 bits per heavy atom. The van der Waals surface area contributed by atoms with E-state index >= 15 is 0 Å². The molecular formula is C20H21N5O2S. The molecule has 0 unspecified atom stereocenters. The molecule has 0 fully saturated rings. The van der Waals surface area contributed by atoms with Gasteiger partial charge < -0.3 is 5.32 Å². The third-order valence-corrected chi connectivity index (χ3v) is 4.69. The number of carbonyl (C=O) groups excluding carboxylic acids is 1. The van der Waals surface area contributed by atoms with Crippen LogP contribution in [0.2, 0.25) is 0 Å². The van der Waals surface area contributed by atoms with E-state index in [2.05, 4.69) is 20.4 Å². The van der Waals surface area contributed by atoms with Gasteiger partial charge in [0.25, 0.3) is 11.5 Å². The fourth-order valence-corrected chi connectivity index (χ4v) is 3.45. The van der Waals surface area contributed by atoms with Crippen LogP contribution in [0.25, 0.3) is 0 Å². The third-order valence-electron chi connectivity index (χ3n) is 3.82. The molecule has 0 radical (unpaired) electrons. The number of carbonyl (C=O) groups is 1. The molecule has 0 saturated heterocycles. The number of amides is 1. The average molecular weight is 395 g/mol. The zero-order valence-electron chi connectivity index (χ0n) is 16.0. The van der Waals surface area contributed by atoms with E-state index in [1.165, 1.54) is 28.6 Å². The van der Waals surface area contributed by atoms with Crippen LogP contribution in [-0.4, -0.2) is 25.7 Å². The number of aromatic nitrogens is 4. The number of aryl methyl sites for hydroxylation is 3. The van der Waals surface area contributed by atoms with E-state index in [9.17, 15) is 9.59 Å². The lowest BCUT2D eigenvalue weighted by Crippen LogP contribution is -2.26. The van der Waals surface area contributed by atoms with E-state index in [1.807, 2.05) is 51.1 Å². The van der Waals surface area contributed by atoms with Gasteiger partial charge in [0.15, 0.2) is 5.16 Å². The van der Waals surface area contributed by atoms with Crippen LogP contribution in [0, 0.1) is 13.8 Å². The van der Waals surface area contributed by atoms with Gasteiger partial charge in [-0.1, -0.05) is 6.92 Å². The molecule has 144 valence electrons. The van der Waals surface area contributed by atoms with Crippen molar-refractivity contribution in [1.82, 2.24) is 19.7 Å². The highest BCUT2D eigenvalue weighted by atomic mass is 32.2. The smallest absolute Gasteiger partial charge is 0.276 e. The number of anilines is 1. The highest BCUT2D eigenvalue weighted by Gasteiger charge is 2.10. The number of nitrogens with zero attached hydrogens (tertiary/aromatic N) is 4. The van der Waals surface area contributed by atoms with E-state index in [4.69, 9.17) is 0 Å². The van der Waals surface area contributed by atoms with Crippen molar-refractivity contribution in [3.8, 4) is 0 Å². The lowest BCUT2D eigenvalue weighted by molar-refractivity contribution is 0.101. The first-order valence-corrected chi connectivity index (χ1v) is 9.76. The molecule has 1 amide bonds. The molecule has 0 atom stereocenters. The van der Waals surface area contributed by atoms with Gasteiger partial charge in [-0.15, -0.1) is 0 Å². The normalized spacial score (nSPS) is 10.7. The molecule has 3 rings (SSSR count). The molecule has 1 N–H and O–H groups in total. The van der Waals surface area contributed by atoms with Crippen LogP contribution in [0.4, 0.5) is 5.69 Å². The van der Waals surface area contributed by atoms with E-state index in [0.717, 1.165) is 22.7 Å². The Hall–Kier alpha value is -3.00. The van der Waals surface area contributed by atoms with Crippen LogP contribution in [0.3, 0.4) is 0 Å². The van der Waals surface area contributed by atoms with E-state index < -0.39 is 0 Å². The van der Waals surface area contributed by atoms with Gasteiger partial charge in [-0.05, 0) is 68.4 Å². The summed E-state index contributed by atoms with van der Waals surface area (Å²) in [6.07, 6.45) is 0.765. The van der Waals surface area contributed by atoms with E-state index in [0.29, 0.717) is 17.4 Å². The van der Waals surface area contributed by atoms with Crippen molar-refractivity contribution in [2.45, 2.75) is 43.8 Å². The van der Waals surface area contributed by atoms with Crippen LogP contribution in [0.5, 0.6) is 0 Å². The van der Waals surface area contributed by atoms with Crippen LogP contribution >= 0.6 is 11.8 Å². The van der Waals surface area contributed by atoms with Crippen LogP contribution < -0.4 is 10.9 Å². The first-order valence-electron chi connectivity index (χ1n) is 8.94. The maximum atomic E-state index is 12.4. The fraction of sp³-hybridized carbons (Fsp3) is 0.250. The minimum atomic E-state index is -0.358. The van der Waals surface area contributed by atoms with Gasteiger partial charge >= 0.3 is 0 Å². The van der Waals surface area contributed by atoms with Crippen LogP contribution in [0.15, 0.2) is 57.3 Å². The predicted molar refractivity (Wildman–Crippen MR) is 109 cm³/mol. The molecule has 0 saturated carbocycles. The highest BCUT2D eigenvalue weighted by Crippen LogP contribution is 2.26. The molecule has 2 heterocycles. The number of hydrogen-bond acceptors (Lipinski definition) is 6. The predicted octanol–water partition coefficient (Wildman–Crippen LogP) is 3.46. The summed E-state index contributed by atoms with van der Waals surface area (Å²) in [6.45, 7) is 6.31. The zero-order chi connectivity index (χ0) is 20.1.